The summed E-state index contributed by atoms with van der Waals surface area (Å²) in [4.78, 5) is 4.39. The van der Waals surface area contributed by atoms with Crippen LogP contribution in [0.1, 0.15) is 49.9 Å². The van der Waals surface area contributed by atoms with Crippen molar-refractivity contribution in [1.82, 2.24) is 10.1 Å². The molecule has 0 bridgehead atoms. The summed E-state index contributed by atoms with van der Waals surface area (Å²) in [6, 6.07) is -0.119. The zero-order valence-corrected chi connectivity index (χ0v) is 12.2. The van der Waals surface area contributed by atoms with Gasteiger partial charge in [-0.05, 0) is 18.8 Å². The number of ether oxygens (including phenoxy) is 2. The van der Waals surface area contributed by atoms with Crippen LogP contribution in [0, 0.1) is 5.92 Å². The topological polar surface area (TPSA) is 83.4 Å². The average Bonchev–Trinajstić information content (AvgIpc) is 2.96. The molecule has 1 atom stereocenters. The van der Waals surface area contributed by atoms with Gasteiger partial charge in [-0.25, -0.2) is 0 Å². The minimum atomic E-state index is -0.119. The van der Waals surface area contributed by atoms with Gasteiger partial charge < -0.3 is 19.7 Å². The minimum Gasteiger partial charge on any atom is -0.382 e. The molecule has 1 heterocycles. The third kappa shape index (κ3) is 4.54. The molecule has 0 saturated heterocycles. The first-order valence-electron chi connectivity index (χ1n) is 7.46. The quantitative estimate of drug-likeness (QED) is 0.733. The number of hydrogen-bond donors (Lipinski definition) is 1. The molecule has 1 aliphatic carbocycles. The van der Waals surface area contributed by atoms with Gasteiger partial charge in [0.15, 0.2) is 5.82 Å². The minimum absolute atomic E-state index is 0.119. The highest BCUT2D eigenvalue weighted by atomic mass is 16.5. The van der Waals surface area contributed by atoms with Gasteiger partial charge in [-0.2, -0.15) is 4.98 Å². The van der Waals surface area contributed by atoms with Gasteiger partial charge in [-0.1, -0.05) is 24.4 Å². The van der Waals surface area contributed by atoms with Gasteiger partial charge in [-0.15, -0.1) is 0 Å². The molecule has 0 amide bonds. The maximum absolute atomic E-state index is 6.23. The number of hydrogen-bond acceptors (Lipinski definition) is 6. The molecule has 1 unspecified atom stereocenters. The van der Waals surface area contributed by atoms with Crippen LogP contribution < -0.4 is 5.73 Å². The van der Waals surface area contributed by atoms with Gasteiger partial charge in [0.05, 0.1) is 25.9 Å². The van der Waals surface area contributed by atoms with Crippen LogP contribution in [0.2, 0.25) is 0 Å². The van der Waals surface area contributed by atoms with Gasteiger partial charge in [-0.3, -0.25) is 0 Å². The normalized spacial score (nSPS) is 18.3. The lowest BCUT2D eigenvalue weighted by Gasteiger charge is -2.24. The predicted octanol–water partition coefficient (Wildman–Crippen LogP) is 1.86. The Labute approximate surface area is 120 Å². The van der Waals surface area contributed by atoms with E-state index in [1.165, 1.54) is 32.1 Å². The summed E-state index contributed by atoms with van der Waals surface area (Å²) in [5.74, 6) is 1.72. The number of aromatic nitrogens is 2. The van der Waals surface area contributed by atoms with E-state index < -0.39 is 0 Å². The predicted molar refractivity (Wildman–Crippen MR) is 74.2 cm³/mol. The molecule has 2 N–H and O–H groups in total. The van der Waals surface area contributed by atoms with E-state index in [0.717, 1.165) is 0 Å². The van der Waals surface area contributed by atoms with Crippen molar-refractivity contribution in [1.29, 1.82) is 0 Å². The van der Waals surface area contributed by atoms with Crippen molar-refractivity contribution >= 4 is 0 Å². The van der Waals surface area contributed by atoms with Crippen molar-refractivity contribution in [2.75, 3.05) is 26.9 Å². The van der Waals surface area contributed by atoms with E-state index in [-0.39, 0.29) is 6.04 Å². The van der Waals surface area contributed by atoms with Crippen molar-refractivity contribution in [2.45, 2.75) is 44.6 Å². The molecule has 2 rings (SSSR count). The van der Waals surface area contributed by atoms with E-state index in [2.05, 4.69) is 10.1 Å². The second-order valence-corrected chi connectivity index (χ2v) is 5.33. The fourth-order valence-electron chi connectivity index (χ4n) is 2.61. The van der Waals surface area contributed by atoms with Crippen LogP contribution in [0.25, 0.3) is 0 Å². The van der Waals surface area contributed by atoms with Crippen molar-refractivity contribution in [2.24, 2.45) is 11.7 Å². The molecule has 1 aliphatic rings. The van der Waals surface area contributed by atoms with E-state index in [0.29, 0.717) is 43.9 Å². The SMILES string of the molecule is COCCOCCc1noc(C(N)C2CCCCC2)n1. The summed E-state index contributed by atoms with van der Waals surface area (Å²) in [5, 5.41) is 3.97. The molecule has 0 spiro atoms. The summed E-state index contributed by atoms with van der Waals surface area (Å²) in [6.07, 6.45) is 6.80. The number of nitrogens with two attached hydrogens (primary N) is 1. The zero-order chi connectivity index (χ0) is 14.2. The van der Waals surface area contributed by atoms with Gasteiger partial charge in [0.1, 0.15) is 0 Å². The summed E-state index contributed by atoms with van der Waals surface area (Å²) in [6.45, 7) is 1.76. The molecule has 0 radical (unpaired) electrons. The Balaban J connectivity index is 1.76. The van der Waals surface area contributed by atoms with Crippen LogP contribution in [0.3, 0.4) is 0 Å². The lowest BCUT2D eigenvalue weighted by Crippen LogP contribution is -2.23. The van der Waals surface area contributed by atoms with E-state index in [1.807, 2.05) is 0 Å². The molecule has 1 saturated carbocycles. The highest BCUT2D eigenvalue weighted by molar-refractivity contribution is 4.95. The van der Waals surface area contributed by atoms with Gasteiger partial charge in [0, 0.05) is 13.5 Å². The molecule has 1 aromatic rings. The van der Waals surface area contributed by atoms with Crippen LogP contribution >= 0.6 is 0 Å². The van der Waals surface area contributed by atoms with E-state index >= 15 is 0 Å². The van der Waals surface area contributed by atoms with Crippen molar-refractivity contribution in [3.05, 3.63) is 11.7 Å². The zero-order valence-electron chi connectivity index (χ0n) is 12.2. The smallest absolute Gasteiger partial charge is 0.243 e. The highest BCUT2D eigenvalue weighted by Gasteiger charge is 2.26. The summed E-state index contributed by atoms with van der Waals surface area (Å²) < 4.78 is 15.6. The Morgan fingerprint density at radius 1 is 1.25 bits per heavy atom. The maximum Gasteiger partial charge on any atom is 0.243 e. The number of methoxy groups -OCH3 is 1. The number of nitrogens with zero attached hydrogens (tertiary/aromatic N) is 2. The van der Waals surface area contributed by atoms with E-state index in [1.54, 1.807) is 7.11 Å². The summed E-state index contributed by atoms with van der Waals surface area (Å²) in [5.41, 5.74) is 6.23. The largest absolute Gasteiger partial charge is 0.382 e. The summed E-state index contributed by atoms with van der Waals surface area (Å²) >= 11 is 0. The van der Waals surface area contributed by atoms with Crippen LogP contribution in [0.4, 0.5) is 0 Å². The van der Waals surface area contributed by atoms with Crippen molar-refractivity contribution < 1.29 is 14.0 Å². The van der Waals surface area contributed by atoms with Crippen LogP contribution in [-0.4, -0.2) is 37.1 Å². The Morgan fingerprint density at radius 3 is 2.80 bits per heavy atom. The summed E-state index contributed by atoms with van der Waals surface area (Å²) in [7, 11) is 1.65. The molecule has 6 nitrogen and oxygen atoms in total. The first-order chi connectivity index (χ1) is 9.81. The monoisotopic (exact) mass is 283 g/mol. The molecule has 0 aromatic carbocycles. The van der Waals surface area contributed by atoms with Crippen molar-refractivity contribution in [3.63, 3.8) is 0 Å². The molecule has 1 fully saturated rings. The molecular formula is C14H25N3O3. The third-order valence-corrected chi connectivity index (χ3v) is 3.83. The van der Waals surface area contributed by atoms with Gasteiger partial charge in [0.25, 0.3) is 0 Å². The lowest BCUT2D eigenvalue weighted by atomic mass is 9.84. The third-order valence-electron chi connectivity index (χ3n) is 3.83. The fourth-order valence-corrected chi connectivity index (χ4v) is 2.61. The lowest BCUT2D eigenvalue weighted by molar-refractivity contribution is 0.0714. The highest BCUT2D eigenvalue weighted by Crippen LogP contribution is 2.32. The number of rotatable bonds is 8. The Kier molecular flexibility index (Phi) is 6.42. The molecular weight excluding hydrogens is 258 g/mol. The Bertz CT molecular complexity index is 377. The molecule has 1 aromatic heterocycles. The van der Waals surface area contributed by atoms with Crippen LogP contribution in [0.15, 0.2) is 4.52 Å². The van der Waals surface area contributed by atoms with E-state index in [9.17, 15) is 0 Å². The van der Waals surface area contributed by atoms with Gasteiger partial charge >= 0.3 is 0 Å². The van der Waals surface area contributed by atoms with Crippen molar-refractivity contribution in [3.8, 4) is 0 Å². The molecule has 114 valence electrons. The van der Waals surface area contributed by atoms with Crippen LogP contribution in [0.5, 0.6) is 0 Å². The Hall–Kier alpha value is -0.980. The molecule has 0 aliphatic heterocycles. The fraction of sp³-hybridized carbons (Fsp3) is 0.857. The average molecular weight is 283 g/mol. The Morgan fingerprint density at radius 2 is 2.05 bits per heavy atom. The first-order valence-corrected chi connectivity index (χ1v) is 7.46. The second kappa shape index (κ2) is 8.34. The second-order valence-electron chi connectivity index (χ2n) is 5.33. The van der Waals surface area contributed by atoms with Gasteiger partial charge in [0.2, 0.25) is 5.89 Å². The first kappa shape index (κ1) is 15.4. The van der Waals surface area contributed by atoms with E-state index in [4.69, 9.17) is 19.7 Å². The molecule has 6 heteroatoms. The standard InChI is InChI=1S/C14H25N3O3/c1-18-9-10-19-8-7-12-16-14(20-17-12)13(15)11-5-3-2-4-6-11/h11,13H,2-10,15H2,1H3. The maximum atomic E-state index is 6.23. The van der Waals surface area contributed by atoms with Crippen LogP contribution in [-0.2, 0) is 15.9 Å². The molecule has 20 heavy (non-hydrogen) atoms.